The summed E-state index contributed by atoms with van der Waals surface area (Å²) in [7, 11) is 4.05. The van der Waals surface area contributed by atoms with E-state index in [4.69, 9.17) is 4.84 Å². The van der Waals surface area contributed by atoms with E-state index in [0.29, 0.717) is 0 Å². The molecule has 0 aliphatic heterocycles. The Balaban J connectivity index is 3.82. The Morgan fingerprint density at radius 2 is 0.846 bits per heavy atom. The van der Waals surface area contributed by atoms with E-state index in [1.165, 1.54) is 116 Å². The van der Waals surface area contributed by atoms with Crippen LogP contribution < -0.4 is 0 Å². The van der Waals surface area contributed by atoms with Crippen molar-refractivity contribution in [2.45, 2.75) is 142 Å². The molecule has 26 heavy (non-hydrogen) atoms. The van der Waals surface area contributed by atoms with Crippen molar-refractivity contribution in [3.8, 4) is 0 Å². The van der Waals surface area contributed by atoms with Gasteiger partial charge in [-0.25, -0.2) is 0 Å². The molecule has 0 spiro atoms. The first kappa shape index (κ1) is 25.9. The molecule has 0 aliphatic carbocycles. The summed E-state index contributed by atoms with van der Waals surface area (Å²) in [5, 5.41) is 1.91. The van der Waals surface area contributed by atoms with Crippen LogP contribution in [-0.2, 0) is 4.84 Å². The Hall–Kier alpha value is -0.0800. The molecule has 2 heteroatoms. The normalized spacial score (nSPS) is 12.2. The second kappa shape index (κ2) is 18.3. The maximum atomic E-state index is 6.19. The zero-order chi connectivity index (χ0) is 19.5. The van der Waals surface area contributed by atoms with Gasteiger partial charge in [0.1, 0.15) is 0 Å². The molecule has 0 heterocycles. The number of hydrogen-bond donors (Lipinski definition) is 0. The molecule has 2 nitrogen and oxygen atoms in total. The standard InChI is InChI=1S/C24H51NO/c1-6-8-10-12-14-16-18-20-22-24(3,26-25(4)5)23-21-19-17-15-13-11-9-7-2/h6-23H2,1-5H3. The maximum Gasteiger partial charge on any atom is 0.0871 e. The summed E-state index contributed by atoms with van der Waals surface area (Å²) in [6.07, 6.45) is 24.6. The Morgan fingerprint density at radius 1 is 0.538 bits per heavy atom. The molecule has 0 aliphatic rings. The molecule has 0 fully saturated rings. The van der Waals surface area contributed by atoms with Gasteiger partial charge in [0.05, 0.1) is 5.60 Å². The van der Waals surface area contributed by atoms with Crippen molar-refractivity contribution < 1.29 is 4.84 Å². The third-order valence-electron chi connectivity index (χ3n) is 5.52. The molecule has 0 amide bonds. The molecule has 0 aromatic heterocycles. The van der Waals surface area contributed by atoms with Gasteiger partial charge < -0.3 is 0 Å². The van der Waals surface area contributed by atoms with Crippen LogP contribution in [0.3, 0.4) is 0 Å². The summed E-state index contributed by atoms with van der Waals surface area (Å²) >= 11 is 0. The summed E-state index contributed by atoms with van der Waals surface area (Å²) in [4.78, 5) is 6.19. The van der Waals surface area contributed by atoms with Crippen LogP contribution in [0.15, 0.2) is 0 Å². The lowest BCUT2D eigenvalue weighted by Gasteiger charge is -2.32. The second-order valence-corrected chi connectivity index (χ2v) is 8.80. The lowest BCUT2D eigenvalue weighted by Crippen LogP contribution is -2.34. The number of hydrogen-bond acceptors (Lipinski definition) is 2. The smallest absolute Gasteiger partial charge is 0.0871 e. The maximum absolute atomic E-state index is 6.19. The SMILES string of the molecule is CCCCCCCCCCC(C)(CCCCCCCCCC)ON(C)C. The molecular formula is C24H51NO. The molecule has 158 valence electrons. The van der Waals surface area contributed by atoms with Crippen LogP contribution in [-0.4, -0.2) is 24.8 Å². The Bertz CT molecular complexity index is 257. The van der Waals surface area contributed by atoms with Gasteiger partial charge in [0, 0.05) is 14.1 Å². The van der Waals surface area contributed by atoms with Crippen molar-refractivity contribution in [1.82, 2.24) is 5.06 Å². The van der Waals surface area contributed by atoms with Crippen LogP contribution in [0.5, 0.6) is 0 Å². The molecule has 0 N–H and O–H groups in total. The van der Waals surface area contributed by atoms with Gasteiger partial charge in [-0.3, -0.25) is 4.84 Å². The number of unbranched alkanes of at least 4 members (excludes halogenated alkanes) is 14. The predicted octanol–water partition coefficient (Wildman–Crippen LogP) is 8.30. The number of hydroxylamine groups is 2. The predicted molar refractivity (Wildman–Crippen MR) is 118 cm³/mol. The van der Waals surface area contributed by atoms with Gasteiger partial charge in [-0.15, -0.1) is 0 Å². The van der Waals surface area contributed by atoms with Gasteiger partial charge in [0.2, 0.25) is 0 Å². The molecule has 0 saturated carbocycles. The molecular weight excluding hydrogens is 318 g/mol. The third-order valence-corrected chi connectivity index (χ3v) is 5.52. The fourth-order valence-corrected chi connectivity index (χ4v) is 3.92. The molecule has 0 atom stereocenters. The lowest BCUT2D eigenvalue weighted by molar-refractivity contribution is -0.220. The summed E-state index contributed by atoms with van der Waals surface area (Å²) in [6.45, 7) is 6.91. The average Bonchev–Trinajstić information content (AvgIpc) is 2.59. The minimum absolute atomic E-state index is 0.0356. The zero-order valence-corrected chi connectivity index (χ0v) is 19.1. The Morgan fingerprint density at radius 3 is 1.15 bits per heavy atom. The highest BCUT2D eigenvalue weighted by molar-refractivity contribution is 4.75. The minimum atomic E-state index is 0.0356. The van der Waals surface area contributed by atoms with E-state index in [-0.39, 0.29) is 5.60 Å². The zero-order valence-electron chi connectivity index (χ0n) is 19.1. The molecule has 0 unspecified atom stereocenters. The summed E-state index contributed by atoms with van der Waals surface area (Å²) in [6, 6.07) is 0. The molecule has 0 rings (SSSR count). The van der Waals surface area contributed by atoms with Gasteiger partial charge >= 0.3 is 0 Å². The van der Waals surface area contributed by atoms with E-state index in [1.807, 2.05) is 19.2 Å². The lowest BCUT2D eigenvalue weighted by atomic mass is 9.91. The number of rotatable bonds is 20. The second-order valence-electron chi connectivity index (χ2n) is 8.80. The first-order valence-corrected chi connectivity index (χ1v) is 11.9. The van der Waals surface area contributed by atoms with Crippen LogP contribution in [0.2, 0.25) is 0 Å². The molecule has 0 bridgehead atoms. The van der Waals surface area contributed by atoms with Gasteiger partial charge in [-0.1, -0.05) is 117 Å². The average molecular weight is 370 g/mol. The topological polar surface area (TPSA) is 12.5 Å². The van der Waals surface area contributed by atoms with Crippen molar-refractivity contribution in [3.05, 3.63) is 0 Å². The first-order valence-electron chi connectivity index (χ1n) is 11.9. The van der Waals surface area contributed by atoms with E-state index >= 15 is 0 Å². The van der Waals surface area contributed by atoms with Crippen molar-refractivity contribution in [2.75, 3.05) is 14.1 Å². The van der Waals surface area contributed by atoms with Crippen molar-refractivity contribution in [2.24, 2.45) is 0 Å². The quantitative estimate of drug-likeness (QED) is 0.158. The van der Waals surface area contributed by atoms with Crippen molar-refractivity contribution in [1.29, 1.82) is 0 Å². The van der Waals surface area contributed by atoms with Gasteiger partial charge in [-0.2, -0.15) is 5.06 Å². The summed E-state index contributed by atoms with van der Waals surface area (Å²) in [5.41, 5.74) is 0.0356. The van der Waals surface area contributed by atoms with Gasteiger partial charge in [-0.05, 0) is 19.8 Å². The summed E-state index contributed by atoms with van der Waals surface area (Å²) in [5.74, 6) is 0. The van der Waals surface area contributed by atoms with Gasteiger partial charge in [0.25, 0.3) is 0 Å². The van der Waals surface area contributed by atoms with E-state index < -0.39 is 0 Å². The first-order chi connectivity index (χ1) is 12.5. The Kier molecular flexibility index (Phi) is 18.2. The number of nitrogens with zero attached hydrogens (tertiary/aromatic N) is 1. The van der Waals surface area contributed by atoms with E-state index in [1.54, 1.807) is 0 Å². The van der Waals surface area contributed by atoms with Crippen LogP contribution in [0, 0.1) is 0 Å². The van der Waals surface area contributed by atoms with Crippen molar-refractivity contribution >= 4 is 0 Å². The molecule has 0 aromatic carbocycles. The van der Waals surface area contributed by atoms with Crippen molar-refractivity contribution in [3.63, 3.8) is 0 Å². The molecule has 0 saturated heterocycles. The van der Waals surface area contributed by atoms with Crippen LogP contribution >= 0.6 is 0 Å². The summed E-state index contributed by atoms with van der Waals surface area (Å²) < 4.78 is 0. The monoisotopic (exact) mass is 369 g/mol. The van der Waals surface area contributed by atoms with Gasteiger partial charge in [0.15, 0.2) is 0 Å². The largest absolute Gasteiger partial charge is 0.293 e. The van der Waals surface area contributed by atoms with E-state index in [0.717, 1.165) is 0 Å². The fourth-order valence-electron chi connectivity index (χ4n) is 3.92. The Labute approximate surface area is 166 Å². The van der Waals surface area contributed by atoms with E-state index in [2.05, 4.69) is 20.8 Å². The highest BCUT2D eigenvalue weighted by atomic mass is 16.7. The van der Waals surface area contributed by atoms with Crippen LogP contribution in [0.4, 0.5) is 0 Å². The third kappa shape index (κ3) is 17.3. The van der Waals surface area contributed by atoms with Crippen LogP contribution in [0.25, 0.3) is 0 Å². The highest BCUT2D eigenvalue weighted by Crippen LogP contribution is 2.27. The van der Waals surface area contributed by atoms with E-state index in [9.17, 15) is 0 Å². The van der Waals surface area contributed by atoms with Crippen LogP contribution in [0.1, 0.15) is 136 Å². The molecule has 0 aromatic rings. The minimum Gasteiger partial charge on any atom is -0.293 e. The molecule has 0 radical (unpaired) electrons. The highest BCUT2D eigenvalue weighted by Gasteiger charge is 2.25. The fraction of sp³-hybridized carbons (Fsp3) is 1.00.